The predicted octanol–water partition coefficient (Wildman–Crippen LogP) is 1.19. The van der Waals surface area contributed by atoms with Gasteiger partial charge in [-0.3, -0.25) is 9.00 Å². The molecule has 13 heavy (non-hydrogen) atoms. The summed E-state index contributed by atoms with van der Waals surface area (Å²) in [4.78, 5) is 10.8. The molecule has 1 N–H and O–H groups in total. The van der Waals surface area contributed by atoms with Crippen molar-refractivity contribution in [1.29, 1.82) is 0 Å². The van der Waals surface area contributed by atoms with Crippen molar-refractivity contribution in [3.63, 3.8) is 0 Å². The number of carbonyl (C=O) groups is 1. The Labute approximate surface area is 78.9 Å². The zero-order valence-electron chi connectivity index (χ0n) is 7.19. The van der Waals surface area contributed by atoms with Gasteiger partial charge in [0.25, 0.3) is 0 Å². The molecule has 0 fully saturated rings. The molecular weight excluding hydrogens is 188 g/mol. The molecule has 1 rings (SSSR count). The van der Waals surface area contributed by atoms with E-state index >= 15 is 0 Å². The fourth-order valence-electron chi connectivity index (χ4n) is 0.952. The highest BCUT2D eigenvalue weighted by Crippen LogP contribution is 2.08. The summed E-state index contributed by atoms with van der Waals surface area (Å²) in [6.07, 6.45) is 0. The predicted molar refractivity (Wildman–Crippen MR) is 50.1 cm³/mol. The van der Waals surface area contributed by atoms with Crippen LogP contribution in [0.5, 0.6) is 0 Å². The highest BCUT2D eigenvalue weighted by atomic mass is 32.2. The van der Waals surface area contributed by atoms with Crippen LogP contribution in [0.15, 0.2) is 29.2 Å². The summed E-state index contributed by atoms with van der Waals surface area (Å²) >= 11 is 0. The minimum Gasteiger partial charge on any atom is -0.481 e. The Balaban J connectivity index is 2.83. The van der Waals surface area contributed by atoms with Crippen molar-refractivity contribution in [1.82, 2.24) is 0 Å². The Morgan fingerprint density at radius 3 is 2.77 bits per heavy atom. The Morgan fingerprint density at radius 2 is 2.23 bits per heavy atom. The van der Waals surface area contributed by atoms with Crippen LogP contribution in [0.25, 0.3) is 0 Å². The maximum Gasteiger partial charge on any atom is 0.316 e. The highest BCUT2D eigenvalue weighted by molar-refractivity contribution is 7.85. The normalized spacial score (nSPS) is 12.4. The Kier molecular flexibility index (Phi) is 3.19. The molecule has 1 aromatic rings. The van der Waals surface area contributed by atoms with Crippen molar-refractivity contribution in [3.8, 4) is 0 Å². The lowest BCUT2D eigenvalue weighted by Gasteiger charge is -1.99. The molecule has 0 aliphatic carbocycles. The number of aryl methyl sites for hydroxylation is 1. The third-order valence-corrected chi connectivity index (χ3v) is 2.80. The first-order valence-corrected chi connectivity index (χ1v) is 5.08. The summed E-state index contributed by atoms with van der Waals surface area (Å²) in [5.74, 6) is -1.37. The minimum atomic E-state index is -1.42. The van der Waals surface area contributed by atoms with E-state index in [0.29, 0.717) is 4.90 Å². The molecule has 0 saturated carbocycles. The second-order valence-corrected chi connectivity index (χ2v) is 4.15. The molecule has 4 heteroatoms. The number of aliphatic carboxylic acids is 1. The third kappa shape index (κ3) is 2.99. The van der Waals surface area contributed by atoms with Crippen LogP contribution in [0.3, 0.4) is 0 Å². The van der Waals surface area contributed by atoms with Crippen LogP contribution in [0.2, 0.25) is 0 Å². The second-order valence-electron chi connectivity index (χ2n) is 2.70. The molecule has 0 spiro atoms. The van der Waals surface area contributed by atoms with Crippen molar-refractivity contribution >= 4 is 16.8 Å². The summed E-state index contributed by atoms with van der Waals surface area (Å²) in [5, 5.41) is 8.42. The Hall–Kier alpha value is -1.16. The zero-order valence-corrected chi connectivity index (χ0v) is 8.00. The lowest BCUT2D eigenvalue weighted by atomic mass is 10.2. The van der Waals surface area contributed by atoms with Gasteiger partial charge in [0, 0.05) is 4.90 Å². The fourth-order valence-corrected chi connectivity index (χ4v) is 1.89. The van der Waals surface area contributed by atoms with Crippen LogP contribution in [0.4, 0.5) is 0 Å². The van der Waals surface area contributed by atoms with E-state index in [1.54, 1.807) is 18.2 Å². The van der Waals surface area contributed by atoms with E-state index in [1.807, 2.05) is 13.0 Å². The lowest BCUT2D eigenvalue weighted by molar-refractivity contribution is -0.133. The van der Waals surface area contributed by atoms with Gasteiger partial charge in [0.15, 0.2) is 0 Å². The first-order chi connectivity index (χ1) is 6.09. The maximum absolute atomic E-state index is 11.3. The van der Waals surface area contributed by atoms with Gasteiger partial charge in [0.1, 0.15) is 5.75 Å². The molecule has 0 aliphatic heterocycles. The Morgan fingerprint density at radius 1 is 1.54 bits per heavy atom. The highest BCUT2D eigenvalue weighted by Gasteiger charge is 2.07. The molecule has 0 radical (unpaired) electrons. The van der Waals surface area contributed by atoms with Crippen molar-refractivity contribution in [2.75, 3.05) is 5.75 Å². The lowest BCUT2D eigenvalue weighted by Crippen LogP contribution is -2.09. The van der Waals surface area contributed by atoms with Gasteiger partial charge in [-0.1, -0.05) is 12.1 Å². The number of benzene rings is 1. The van der Waals surface area contributed by atoms with Crippen LogP contribution in [-0.4, -0.2) is 21.0 Å². The average molecular weight is 198 g/mol. The van der Waals surface area contributed by atoms with Gasteiger partial charge >= 0.3 is 5.97 Å². The SMILES string of the molecule is Cc1cccc(S(=O)CC(=O)O)c1. The van der Waals surface area contributed by atoms with Crippen LogP contribution >= 0.6 is 0 Å². The van der Waals surface area contributed by atoms with E-state index in [2.05, 4.69) is 0 Å². The van der Waals surface area contributed by atoms with Gasteiger partial charge in [-0.05, 0) is 24.6 Å². The summed E-state index contributed by atoms with van der Waals surface area (Å²) in [7, 11) is -1.42. The van der Waals surface area contributed by atoms with Gasteiger partial charge in [-0.2, -0.15) is 0 Å². The summed E-state index contributed by atoms with van der Waals surface area (Å²) in [5.41, 5.74) is 0.983. The number of hydrogen-bond acceptors (Lipinski definition) is 2. The van der Waals surface area contributed by atoms with E-state index in [4.69, 9.17) is 5.11 Å². The number of hydrogen-bond donors (Lipinski definition) is 1. The third-order valence-electron chi connectivity index (χ3n) is 1.51. The first-order valence-electron chi connectivity index (χ1n) is 3.76. The van der Waals surface area contributed by atoms with E-state index in [-0.39, 0.29) is 5.75 Å². The standard InChI is InChI=1S/C9H10O3S/c1-7-3-2-4-8(5-7)13(12)6-9(10)11/h2-5H,6H2,1H3,(H,10,11). The van der Waals surface area contributed by atoms with E-state index < -0.39 is 16.8 Å². The van der Waals surface area contributed by atoms with E-state index in [0.717, 1.165) is 5.56 Å². The van der Waals surface area contributed by atoms with E-state index in [9.17, 15) is 9.00 Å². The Bertz CT molecular complexity index is 346. The molecule has 1 aromatic carbocycles. The zero-order chi connectivity index (χ0) is 9.84. The molecule has 3 nitrogen and oxygen atoms in total. The molecule has 0 heterocycles. The van der Waals surface area contributed by atoms with Gasteiger partial charge in [-0.25, -0.2) is 0 Å². The van der Waals surface area contributed by atoms with Crippen molar-refractivity contribution < 1.29 is 14.1 Å². The summed E-state index contributed by atoms with van der Waals surface area (Å²) < 4.78 is 11.3. The van der Waals surface area contributed by atoms with Crippen molar-refractivity contribution in [3.05, 3.63) is 29.8 Å². The quantitative estimate of drug-likeness (QED) is 0.793. The molecule has 0 amide bonds. The molecule has 1 atom stereocenters. The number of carboxylic acid groups (broad SMARTS) is 1. The van der Waals surface area contributed by atoms with Crippen LogP contribution in [-0.2, 0) is 15.6 Å². The molecular formula is C9H10O3S. The first kappa shape index (κ1) is 9.92. The molecule has 0 aliphatic rings. The average Bonchev–Trinajstić information content (AvgIpc) is 2.03. The number of rotatable bonds is 3. The second kappa shape index (κ2) is 4.18. The monoisotopic (exact) mass is 198 g/mol. The molecule has 1 unspecified atom stereocenters. The summed E-state index contributed by atoms with van der Waals surface area (Å²) in [6, 6.07) is 7.05. The smallest absolute Gasteiger partial charge is 0.316 e. The molecule has 0 bridgehead atoms. The minimum absolute atomic E-state index is 0.330. The fraction of sp³-hybridized carbons (Fsp3) is 0.222. The number of carboxylic acids is 1. The summed E-state index contributed by atoms with van der Waals surface area (Å²) in [6.45, 7) is 1.88. The largest absolute Gasteiger partial charge is 0.481 e. The van der Waals surface area contributed by atoms with Crippen LogP contribution in [0.1, 0.15) is 5.56 Å². The van der Waals surface area contributed by atoms with Gasteiger partial charge in [-0.15, -0.1) is 0 Å². The van der Waals surface area contributed by atoms with Crippen molar-refractivity contribution in [2.45, 2.75) is 11.8 Å². The molecule has 0 aromatic heterocycles. The molecule has 70 valence electrons. The van der Waals surface area contributed by atoms with Crippen LogP contribution in [0, 0.1) is 6.92 Å². The topological polar surface area (TPSA) is 54.4 Å². The van der Waals surface area contributed by atoms with E-state index in [1.165, 1.54) is 0 Å². The van der Waals surface area contributed by atoms with Crippen molar-refractivity contribution in [2.24, 2.45) is 0 Å². The van der Waals surface area contributed by atoms with Gasteiger partial charge in [0.2, 0.25) is 0 Å². The van der Waals surface area contributed by atoms with Crippen LogP contribution < -0.4 is 0 Å². The maximum atomic E-state index is 11.3. The molecule has 0 saturated heterocycles. The van der Waals surface area contributed by atoms with Gasteiger partial charge < -0.3 is 5.11 Å². The van der Waals surface area contributed by atoms with Gasteiger partial charge in [0.05, 0.1) is 10.8 Å².